The van der Waals surface area contributed by atoms with Crippen LogP contribution in [-0.4, -0.2) is 25.0 Å². The fourth-order valence-electron chi connectivity index (χ4n) is 1.45. The fourth-order valence-corrected chi connectivity index (χ4v) is 1.45. The minimum Gasteiger partial charge on any atom is -0.492 e. The number of nitrogens with two attached hydrogens (primary N) is 1. The van der Waals surface area contributed by atoms with Crippen molar-refractivity contribution in [2.45, 2.75) is 0 Å². The SMILES string of the molecule is COc1c2c(cc(N)c1C(=O)O)OCO2. The highest BCUT2D eigenvalue weighted by atomic mass is 16.7. The van der Waals surface area contributed by atoms with Crippen molar-refractivity contribution in [3.05, 3.63) is 11.6 Å². The summed E-state index contributed by atoms with van der Waals surface area (Å²) in [6.07, 6.45) is 0. The Morgan fingerprint density at radius 1 is 1.60 bits per heavy atom. The molecule has 1 aliphatic rings. The molecule has 1 aromatic carbocycles. The van der Waals surface area contributed by atoms with Gasteiger partial charge in [-0.2, -0.15) is 0 Å². The lowest BCUT2D eigenvalue weighted by atomic mass is 10.1. The Balaban J connectivity index is 2.69. The summed E-state index contributed by atoms with van der Waals surface area (Å²) in [6, 6.07) is 1.41. The van der Waals surface area contributed by atoms with Crippen molar-refractivity contribution < 1.29 is 24.1 Å². The molecule has 0 radical (unpaired) electrons. The summed E-state index contributed by atoms with van der Waals surface area (Å²) >= 11 is 0. The molecule has 0 bridgehead atoms. The van der Waals surface area contributed by atoms with Crippen LogP contribution in [0.2, 0.25) is 0 Å². The summed E-state index contributed by atoms with van der Waals surface area (Å²) in [7, 11) is 1.35. The number of nitrogen functional groups attached to an aromatic ring is 1. The summed E-state index contributed by atoms with van der Waals surface area (Å²) < 4.78 is 15.1. The van der Waals surface area contributed by atoms with Crippen LogP contribution in [0.4, 0.5) is 5.69 Å². The summed E-state index contributed by atoms with van der Waals surface area (Å²) in [6.45, 7) is 0.0359. The monoisotopic (exact) mass is 211 g/mol. The minimum absolute atomic E-state index is 0.0359. The molecule has 80 valence electrons. The van der Waals surface area contributed by atoms with Gasteiger partial charge < -0.3 is 25.1 Å². The van der Waals surface area contributed by atoms with Crippen LogP contribution in [0.5, 0.6) is 17.2 Å². The maximum absolute atomic E-state index is 10.9. The second kappa shape index (κ2) is 3.23. The Kier molecular flexibility index (Phi) is 2.03. The zero-order chi connectivity index (χ0) is 11.0. The largest absolute Gasteiger partial charge is 0.492 e. The summed E-state index contributed by atoms with van der Waals surface area (Å²) in [5, 5.41) is 8.95. The van der Waals surface area contributed by atoms with Gasteiger partial charge in [-0.3, -0.25) is 0 Å². The first-order chi connectivity index (χ1) is 7.15. The van der Waals surface area contributed by atoms with Crippen LogP contribution in [0.3, 0.4) is 0 Å². The first kappa shape index (κ1) is 9.45. The first-order valence-electron chi connectivity index (χ1n) is 4.14. The number of aromatic carboxylic acids is 1. The number of rotatable bonds is 2. The molecular weight excluding hydrogens is 202 g/mol. The number of ether oxygens (including phenoxy) is 3. The van der Waals surface area contributed by atoms with Crippen molar-refractivity contribution in [3.8, 4) is 17.2 Å². The van der Waals surface area contributed by atoms with E-state index in [1.54, 1.807) is 0 Å². The lowest BCUT2D eigenvalue weighted by molar-refractivity contribution is 0.0693. The van der Waals surface area contributed by atoms with E-state index in [2.05, 4.69) is 0 Å². The standard InChI is InChI=1S/C9H9NO5/c1-13-8-6(9(11)12)4(10)2-5-7(8)15-3-14-5/h2H,3,10H2,1H3,(H,11,12). The maximum Gasteiger partial charge on any atom is 0.341 e. The van der Waals surface area contributed by atoms with Crippen molar-refractivity contribution in [3.63, 3.8) is 0 Å². The molecule has 3 N–H and O–H groups in total. The van der Waals surface area contributed by atoms with Crippen LogP contribution in [0.15, 0.2) is 6.07 Å². The van der Waals surface area contributed by atoms with E-state index in [-0.39, 0.29) is 29.5 Å². The zero-order valence-corrected chi connectivity index (χ0v) is 7.94. The van der Waals surface area contributed by atoms with Gasteiger partial charge in [0.2, 0.25) is 12.5 Å². The molecule has 1 aliphatic heterocycles. The van der Waals surface area contributed by atoms with Gasteiger partial charge in [0.1, 0.15) is 5.56 Å². The lowest BCUT2D eigenvalue weighted by Crippen LogP contribution is -2.05. The molecule has 0 saturated heterocycles. The first-order valence-corrected chi connectivity index (χ1v) is 4.14. The van der Waals surface area contributed by atoms with E-state index in [4.69, 9.17) is 25.1 Å². The Morgan fingerprint density at radius 3 is 2.93 bits per heavy atom. The predicted octanol–water partition coefficient (Wildman–Crippen LogP) is 0.704. The number of hydrogen-bond acceptors (Lipinski definition) is 5. The van der Waals surface area contributed by atoms with Crippen LogP contribution >= 0.6 is 0 Å². The maximum atomic E-state index is 10.9. The second-order valence-corrected chi connectivity index (χ2v) is 2.91. The smallest absolute Gasteiger partial charge is 0.341 e. The van der Waals surface area contributed by atoms with Gasteiger partial charge in [-0.1, -0.05) is 0 Å². The number of fused-ring (bicyclic) bond motifs is 1. The Hall–Kier alpha value is -2.11. The van der Waals surface area contributed by atoms with Gasteiger partial charge in [-0.15, -0.1) is 0 Å². The number of carboxylic acid groups (broad SMARTS) is 1. The molecule has 0 atom stereocenters. The molecule has 15 heavy (non-hydrogen) atoms. The van der Waals surface area contributed by atoms with Crippen LogP contribution in [0.1, 0.15) is 10.4 Å². The molecule has 0 fully saturated rings. The fraction of sp³-hybridized carbons (Fsp3) is 0.222. The molecule has 0 saturated carbocycles. The third-order valence-electron chi connectivity index (χ3n) is 2.07. The second-order valence-electron chi connectivity index (χ2n) is 2.91. The summed E-state index contributed by atoms with van der Waals surface area (Å²) in [5.41, 5.74) is 5.55. The van der Waals surface area contributed by atoms with Gasteiger partial charge in [0, 0.05) is 6.07 Å². The number of carboxylic acids is 1. The van der Waals surface area contributed by atoms with E-state index in [1.165, 1.54) is 13.2 Å². The Labute approximate surface area is 85.2 Å². The average Bonchev–Trinajstić information content (AvgIpc) is 2.62. The Morgan fingerprint density at radius 2 is 2.33 bits per heavy atom. The zero-order valence-electron chi connectivity index (χ0n) is 7.94. The van der Waals surface area contributed by atoms with Gasteiger partial charge >= 0.3 is 5.97 Å². The molecule has 0 spiro atoms. The van der Waals surface area contributed by atoms with Crippen LogP contribution in [0, 0.1) is 0 Å². The molecule has 6 heteroatoms. The van der Waals surface area contributed by atoms with E-state index in [0.717, 1.165) is 0 Å². The van der Waals surface area contributed by atoms with Gasteiger partial charge in [0.05, 0.1) is 12.8 Å². The summed E-state index contributed by atoms with van der Waals surface area (Å²) in [5.74, 6) is -0.392. The molecule has 2 rings (SSSR count). The number of methoxy groups -OCH3 is 1. The number of anilines is 1. The van der Waals surface area contributed by atoms with Crippen molar-refractivity contribution in [1.82, 2.24) is 0 Å². The third-order valence-corrected chi connectivity index (χ3v) is 2.07. The normalized spacial score (nSPS) is 12.6. The van der Waals surface area contributed by atoms with Crippen molar-refractivity contribution in [2.75, 3.05) is 19.6 Å². The molecule has 0 unspecified atom stereocenters. The number of carbonyl (C=O) groups is 1. The van der Waals surface area contributed by atoms with Gasteiger partial charge in [0.15, 0.2) is 11.5 Å². The van der Waals surface area contributed by atoms with E-state index in [0.29, 0.717) is 5.75 Å². The van der Waals surface area contributed by atoms with E-state index in [9.17, 15) is 4.79 Å². The van der Waals surface area contributed by atoms with Crippen LogP contribution in [-0.2, 0) is 0 Å². The number of benzene rings is 1. The summed E-state index contributed by atoms with van der Waals surface area (Å²) in [4.78, 5) is 10.9. The molecule has 1 aromatic rings. The predicted molar refractivity (Wildman–Crippen MR) is 50.5 cm³/mol. The highest BCUT2D eigenvalue weighted by molar-refractivity contribution is 5.98. The average molecular weight is 211 g/mol. The number of hydrogen-bond donors (Lipinski definition) is 2. The van der Waals surface area contributed by atoms with Gasteiger partial charge in [-0.05, 0) is 0 Å². The highest BCUT2D eigenvalue weighted by Crippen LogP contribution is 2.45. The van der Waals surface area contributed by atoms with E-state index < -0.39 is 5.97 Å². The minimum atomic E-state index is -1.16. The molecule has 6 nitrogen and oxygen atoms in total. The van der Waals surface area contributed by atoms with Gasteiger partial charge in [0.25, 0.3) is 0 Å². The quantitative estimate of drug-likeness (QED) is 0.700. The Bertz CT molecular complexity index is 429. The molecule has 0 aromatic heterocycles. The molecule has 0 aliphatic carbocycles. The van der Waals surface area contributed by atoms with Crippen molar-refractivity contribution in [1.29, 1.82) is 0 Å². The highest BCUT2D eigenvalue weighted by Gasteiger charge is 2.27. The van der Waals surface area contributed by atoms with Crippen molar-refractivity contribution in [2.24, 2.45) is 0 Å². The van der Waals surface area contributed by atoms with Crippen LogP contribution in [0.25, 0.3) is 0 Å². The van der Waals surface area contributed by atoms with Crippen molar-refractivity contribution >= 4 is 11.7 Å². The van der Waals surface area contributed by atoms with E-state index >= 15 is 0 Å². The van der Waals surface area contributed by atoms with Gasteiger partial charge in [-0.25, -0.2) is 4.79 Å². The lowest BCUT2D eigenvalue weighted by Gasteiger charge is -2.10. The molecule has 1 heterocycles. The van der Waals surface area contributed by atoms with Crippen LogP contribution < -0.4 is 19.9 Å². The topological polar surface area (TPSA) is 91.0 Å². The third kappa shape index (κ3) is 1.30. The van der Waals surface area contributed by atoms with E-state index in [1.807, 2.05) is 0 Å². The molecular formula is C9H9NO5. The molecule has 0 amide bonds.